The van der Waals surface area contributed by atoms with Gasteiger partial charge in [0.1, 0.15) is 6.04 Å². The van der Waals surface area contributed by atoms with Gasteiger partial charge in [-0.2, -0.15) is 4.91 Å². The van der Waals surface area contributed by atoms with Crippen LogP contribution in [0.15, 0.2) is 29.2 Å². The molecule has 0 saturated heterocycles. The highest BCUT2D eigenvalue weighted by atomic mass is 35.5. The van der Waals surface area contributed by atoms with Gasteiger partial charge in [-0.15, -0.1) is 0 Å². The molecule has 1 atom stereocenters. The molecule has 0 aromatic carbocycles. The second-order valence-corrected chi connectivity index (χ2v) is 3.54. The summed E-state index contributed by atoms with van der Waals surface area (Å²) in [6, 6.07) is 1.48. The van der Waals surface area contributed by atoms with E-state index < -0.39 is 0 Å². The van der Waals surface area contributed by atoms with Crippen molar-refractivity contribution in [3.63, 3.8) is 0 Å². The molecule has 74 valence electrons. The average Bonchev–Trinajstić information content (AvgIpc) is 2.16. The predicted octanol–water partition coefficient (Wildman–Crippen LogP) is 3.29. The number of hydrogen-bond donors (Lipinski definition) is 0. The Bertz CT molecular complexity index is 363. The molecule has 1 rings (SSSR count). The zero-order valence-electron chi connectivity index (χ0n) is 8.07. The fraction of sp³-hybridized carbons (Fsp3) is 0.300. The first kappa shape index (κ1) is 10.9. The Morgan fingerprint density at radius 2 is 2.36 bits per heavy atom. The molecular weight excluding hydrogens is 200 g/mol. The molecule has 0 saturated carbocycles. The Morgan fingerprint density at radius 3 is 2.93 bits per heavy atom. The van der Waals surface area contributed by atoms with Crippen LogP contribution in [-0.4, -0.2) is 11.0 Å². The summed E-state index contributed by atoms with van der Waals surface area (Å²) in [6.07, 6.45) is 5.10. The molecule has 1 heterocycles. The highest BCUT2D eigenvalue weighted by molar-refractivity contribution is 6.30. The van der Waals surface area contributed by atoms with Gasteiger partial charge in [0.05, 0.1) is 5.02 Å². The smallest absolute Gasteiger partial charge is 0.110 e. The molecule has 0 spiro atoms. The van der Waals surface area contributed by atoms with Crippen LogP contribution in [0.5, 0.6) is 0 Å². The SMILES string of the molecule is CC(=Cc1cncc(Cl)c1)C(C)N=O. The van der Waals surface area contributed by atoms with E-state index in [4.69, 9.17) is 11.6 Å². The second kappa shape index (κ2) is 4.86. The van der Waals surface area contributed by atoms with Gasteiger partial charge in [0.15, 0.2) is 0 Å². The van der Waals surface area contributed by atoms with Gasteiger partial charge in [-0.25, -0.2) is 0 Å². The van der Waals surface area contributed by atoms with Gasteiger partial charge in [-0.3, -0.25) is 4.98 Å². The van der Waals surface area contributed by atoms with E-state index in [0.717, 1.165) is 11.1 Å². The van der Waals surface area contributed by atoms with Crippen LogP contribution in [0.3, 0.4) is 0 Å². The van der Waals surface area contributed by atoms with Crippen molar-refractivity contribution in [2.24, 2.45) is 5.18 Å². The molecule has 0 aliphatic carbocycles. The lowest BCUT2D eigenvalue weighted by Crippen LogP contribution is -1.97. The van der Waals surface area contributed by atoms with Crippen LogP contribution in [0.1, 0.15) is 19.4 Å². The Labute approximate surface area is 87.8 Å². The van der Waals surface area contributed by atoms with Gasteiger partial charge < -0.3 is 0 Å². The monoisotopic (exact) mass is 210 g/mol. The molecule has 0 N–H and O–H groups in total. The Morgan fingerprint density at radius 1 is 1.64 bits per heavy atom. The van der Waals surface area contributed by atoms with Crippen LogP contribution in [-0.2, 0) is 0 Å². The van der Waals surface area contributed by atoms with E-state index in [1.54, 1.807) is 25.4 Å². The topological polar surface area (TPSA) is 42.3 Å². The number of halogens is 1. The van der Waals surface area contributed by atoms with Crippen molar-refractivity contribution in [2.75, 3.05) is 0 Å². The number of nitroso groups, excluding NO2 is 1. The molecule has 0 bridgehead atoms. The minimum atomic E-state index is -0.311. The molecule has 0 radical (unpaired) electrons. The molecule has 3 nitrogen and oxygen atoms in total. The third-order valence-corrected chi connectivity index (χ3v) is 2.14. The first-order valence-corrected chi connectivity index (χ1v) is 4.62. The van der Waals surface area contributed by atoms with Gasteiger partial charge in [-0.1, -0.05) is 22.9 Å². The molecule has 0 fully saturated rings. The van der Waals surface area contributed by atoms with Crippen molar-refractivity contribution in [3.05, 3.63) is 39.5 Å². The Kier molecular flexibility index (Phi) is 3.77. The van der Waals surface area contributed by atoms with E-state index in [1.807, 2.05) is 13.0 Å². The van der Waals surface area contributed by atoms with Crippen molar-refractivity contribution in [3.8, 4) is 0 Å². The predicted molar refractivity (Wildman–Crippen MR) is 58.2 cm³/mol. The minimum absolute atomic E-state index is 0.311. The van der Waals surface area contributed by atoms with Crippen molar-refractivity contribution in [2.45, 2.75) is 19.9 Å². The maximum atomic E-state index is 10.3. The summed E-state index contributed by atoms with van der Waals surface area (Å²) in [4.78, 5) is 14.2. The first-order valence-electron chi connectivity index (χ1n) is 4.24. The summed E-state index contributed by atoms with van der Waals surface area (Å²) in [6.45, 7) is 3.60. The lowest BCUT2D eigenvalue weighted by molar-refractivity contribution is 0.860. The van der Waals surface area contributed by atoms with Crippen molar-refractivity contribution >= 4 is 17.7 Å². The molecule has 14 heavy (non-hydrogen) atoms. The fourth-order valence-corrected chi connectivity index (χ4v) is 1.16. The number of pyridine rings is 1. The summed E-state index contributed by atoms with van der Waals surface area (Å²) < 4.78 is 0. The fourth-order valence-electron chi connectivity index (χ4n) is 0.974. The highest BCUT2D eigenvalue weighted by Crippen LogP contribution is 2.14. The summed E-state index contributed by atoms with van der Waals surface area (Å²) in [5.74, 6) is 0. The van der Waals surface area contributed by atoms with Gasteiger partial charge in [-0.05, 0) is 31.1 Å². The molecule has 0 amide bonds. The molecule has 0 aliphatic heterocycles. The maximum Gasteiger partial charge on any atom is 0.110 e. The molecule has 1 aromatic rings. The van der Waals surface area contributed by atoms with Crippen LogP contribution in [0.25, 0.3) is 6.08 Å². The van der Waals surface area contributed by atoms with Gasteiger partial charge in [0.2, 0.25) is 0 Å². The summed E-state index contributed by atoms with van der Waals surface area (Å²) >= 11 is 5.76. The molecular formula is C10H11ClN2O. The Hall–Kier alpha value is -1.22. The van der Waals surface area contributed by atoms with Crippen molar-refractivity contribution < 1.29 is 0 Å². The largest absolute Gasteiger partial charge is 0.263 e. The van der Waals surface area contributed by atoms with E-state index >= 15 is 0 Å². The van der Waals surface area contributed by atoms with Gasteiger partial charge >= 0.3 is 0 Å². The van der Waals surface area contributed by atoms with Crippen LogP contribution in [0.4, 0.5) is 0 Å². The zero-order valence-corrected chi connectivity index (χ0v) is 8.82. The lowest BCUT2D eigenvalue weighted by Gasteiger charge is -2.02. The van der Waals surface area contributed by atoms with Crippen LogP contribution in [0.2, 0.25) is 5.02 Å². The average molecular weight is 211 g/mol. The van der Waals surface area contributed by atoms with E-state index in [-0.39, 0.29) is 6.04 Å². The quantitative estimate of drug-likeness (QED) is 0.719. The number of rotatable bonds is 3. The van der Waals surface area contributed by atoms with Gasteiger partial charge in [0, 0.05) is 12.4 Å². The lowest BCUT2D eigenvalue weighted by atomic mass is 10.1. The molecule has 4 heteroatoms. The molecule has 1 aromatic heterocycles. The minimum Gasteiger partial charge on any atom is -0.263 e. The van der Waals surface area contributed by atoms with E-state index in [2.05, 4.69) is 10.2 Å². The van der Waals surface area contributed by atoms with Crippen molar-refractivity contribution in [1.82, 2.24) is 4.98 Å². The summed E-state index contributed by atoms with van der Waals surface area (Å²) in [5.41, 5.74) is 1.77. The van der Waals surface area contributed by atoms with Gasteiger partial charge in [0.25, 0.3) is 0 Å². The second-order valence-electron chi connectivity index (χ2n) is 3.11. The zero-order chi connectivity index (χ0) is 10.6. The summed E-state index contributed by atoms with van der Waals surface area (Å²) in [5, 5.41) is 3.52. The van der Waals surface area contributed by atoms with Crippen LogP contribution in [0, 0.1) is 4.91 Å². The van der Waals surface area contributed by atoms with Crippen LogP contribution >= 0.6 is 11.6 Å². The number of hydrogen-bond acceptors (Lipinski definition) is 3. The number of nitrogens with zero attached hydrogens (tertiary/aromatic N) is 2. The highest BCUT2D eigenvalue weighted by Gasteiger charge is 2.02. The van der Waals surface area contributed by atoms with Crippen molar-refractivity contribution in [1.29, 1.82) is 0 Å². The first-order chi connectivity index (χ1) is 6.63. The van der Waals surface area contributed by atoms with E-state index in [0.29, 0.717) is 5.02 Å². The summed E-state index contributed by atoms with van der Waals surface area (Å²) in [7, 11) is 0. The molecule has 1 unspecified atom stereocenters. The van der Waals surface area contributed by atoms with E-state index in [9.17, 15) is 4.91 Å². The Balaban J connectivity index is 2.91. The molecule has 0 aliphatic rings. The van der Waals surface area contributed by atoms with Crippen LogP contribution < -0.4 is 0 Å². The maximum absolute atomic E-state index is 10.3. The van der Waals surface area contributed by atoms with E-state index in [1.165, 1.54) is 0 Å². The third-order valence-electron chi connectivity index (χ3n) is 1.94. The third kappa shape index (κ3) is 2.92. The standard InChI is InChI=1S/C10H11ClN2O/c1-7(8(2)13-14)3-9-4-10(11)6-12-5-9/h3-6,8H,1-2H3. The normalized spacial score (nSPS) is 13.8. The number of aromatic nitrogens is 1.